The summed E-state index contributed by atoms with van der Waals surface area (Å²) in [5, 5.41) is 2.84. The highest BCUT2D eigenvalue weighted by Gasteiger charge is 2.30. The van der Waals surface area contributed by atoms with Crippen LogP contribution in [0.2, 0.25) is 0 Å². The number of hydrogen-bond donors (Lipinski definition) is 1. The van der Waals surface area contributed by atoms with Crippen molar-refractivity contribution in [2.24, 2.45) is 0 Å². The van der Waals surface area contributed by atoms with E-state index in [2.05, 4.69) is 31.3 Å². The minimum atomic E-state index is -0.535. The summed E-state index contributed by atoms with van der Waals surface area (Å²) in [6.07, 6.45) is 2.76. The highest BCUT2D eigenvalue weighted by atomic mass is 16.5. The van der Waals surface area contributed by atoms with Crippen LogP contribution >= 0.6 is 0 Å². The van der Waals surface area contributed by atoms with E-state index < -0.39 is 6.10 Å². The first kappa shape index (κ1) is 19.7. The first-order chi connectivity index (χ1) is 13.4. The van der Waals surface area contributed by atoms with E-state index in [-0.39, 0.29) is 11.8 Å². The number of amides is 2. The average Bonchev–Trinajstić information content (AvgIpc) is 2.68. The summed E-state index contributed by atoms with van der Waals surface area (Å²) in [4.78, 5) is 26.1. The number of fused-ring (bicyclic) bond motifs is 1. The van der Waals surface area contributed by atoms with Crippen LogP contribution in [0.4, 0.5) is 11.4 Å². The molecule has 28 heavy (non-hydrogen) atoms. The minimum absolute atomic E-state index is 0.0572. The topological polar surface area (TPSA) is 58.6 Å². The molecule has 3 rings (SSSR count). The van der Waals surface area contributed by atoms with Gasteiger partial charge in [0.25, 0.3) is 5.91 Å². The molecule has 0 spiro atoms. The van der Waals surface area contributed by atoms with Gasteiger partial charge in [-0.1, -0.05) is 38.1 Å². The lowest BCUT2D eigenvalue weighted by Crippen LogP contribution is -2.44. The van der Waals surface area contributed by atoms with Crippen LogP contribution in [0.3, 0.4) is 0 Å². The molecule has 1 atom stereocenters. The van der Waals surface area contributed by atoms with E-state index in [1.54, 1.807) is 36.1 Å². The van der Waals surface area contributed by atoms with Gasteiger partial charge in [0.2, 0.25) is 5.91 Å². The van der Waals surface area contributed by atoms with Gasteiger partial charge in [-0.2, -0.15) is 0 Å². The van der Waals surface area contributed by atoms with Gasteiger partial charge in [-0.25, -0.2) is 0 Å². The maximum atomic E-state index is 12.3. The molecule has 0 saturated carbocycles. The maximum absolute atomic E-state index is 12.3. The third kappa shape index (κ3) is 4.25. The van der Waals surface area contributed by atoms with Gasteiger partial charge in [-0.3, -0.25) is 9.59 Å². The van der Waals surface area contributed by atoms with Crippen LogP contribution in [0.1, 0.15) is 44.7 Å². The fourth-order valence-electron chi connectivity index (χ4n) is 3.16. The first-order valence-corrected chi connectivity index (χ1v) is 9.60. The Bertz CT molecular complexity index is 901. The third-order valence-electron chi connectivity index (χ3n) is 4.78. The summed E-state index contributed by atoms with van der Waals surface area (Å²) in [6.45, 7) is 8.53. The molecule has 1 N–H and O–H groups in total. The molecule has 0 bridgehead atoms. The van der Waals surface area contributed by atoms with Crippen LogP contribution in [0.15, 0.2) is 48.5 Å². The van der Waals surface area contributed by atoms with Crippen molar-refractivity contribution in [2.75, 3.05) is 16.8 Å². The van der Waals surface area contributed by atoms with E-state index in [0.29, 0.717) is 23.9 Å². The van der Waals surface area contributed by atoms with Gasteiger partial charge in [0, 0.05) is 24.4 Å². The van der Waals surface area contributed by atoms with Crippen LogP contribution in [0.25, 0.3) is 6.08 Å². The van der Waals surface area contributed by atoms with E-state index in [1.165, 1.54) is 11.6 Å². The van der Waals surface area contributed by atoms with E-state index in [0.717, 1.165) is 11.3 Å². The molecule has 5 nitrogen and oxygen atoms in total. The molecule has 2 amide bonds. The zero-order valence-electron chi connectivity index (χ0n) is 16.7. The number of ether oxygens (including phenoxy) is 1. The summed E-state index contributed by atoms with van der Waals surface area (Å²) in [5.41, 5.74) is 3.59. The summed E-state index contributed by atoms with van der Waals surface area (Å²) < 4.78 is 5.70. The van der Waals surface area contributed by atoms with Crippen LogP contribution < -0.4 is 15.0 Å². The quantitative estimate of drug-likeness (QED) is 0.774. The summed E-state index contributed by atoms with van der Waals surface area (Å²) in [6, 6.07) is 13.5. The Morgan fingerprint density at radius 3 is 2.57 bits per heavy atom. The summed E-state index contributed by atoms with van der Waals surface area (Å²) in [5.74, 6) is 0.799. The summed E-state index contributed by atoms with van der Waals surface area (Å²) in [7, 11) is 0. The van der Waals surface area contributed by atoms with Crippen molar-refractivity contribution in [1.29, 1.82) is 0 Å². The zero-order valence-corrected chi connectivity index (χ0v) is 16.7. The molecule has 0 saturated heterocycles. The molecule has 2 aromatic rings. The Morgan fingerprint density at radius 2 is 1.93 bits per heavy atom. The highest BCUT2D eigenvalue weighted by Crippen LogP contribution is 2.36. The van der Waals surface area contributed by atoms with Gasteiger partial charge in [0.1, 0.15) is 5.75 Å². The van der Waals surface area contributed by atoms with Crippen LogP contribution in [-0.2, 0) is 9.59 Å². The number of carbonyl (C=O) groups excluding carboxylic acids is 2. The summed E-state index contributed by atoms with van der Waals surface area (Å²) >= 11 is 0. The lowest BCUT2D eigenvalue weighted by molar-refractivity contribution is -0.125. The van der Waals surface area contributed by atoms with Crippen LogP contribution in [0, 0.1) is 0 Å². The van der Waals surface area contributed by atoms with Crippen molar-refractivity contribution >= 4 is 29.3 Å². The van der Waals surface area contributed by atoms with Crippen molar-refractivity contribution in [3.05, 3.63) is 59.7 Å². The smallest absolute Gasteiger partial charge is 0.267 e. The second-order valence-corrected chi connectivity index (χ2v) is 7.17. The van der Waals surface area contributed by atoms with Gasteiger partial charge in [0.15, 0.2) is 6.10 Å². The lowest BCUT2D eigenvalue weighted by atomic mass is 10.0. The number of anilines is 2. The molecular weight excluding hydrogens is 352 g/mol. The number of rotatable bonds is 5. The molecule has 0 radical (unpaired) electrons. The molecule has 0 fully saturated rings. The predicted octanol–water partition coefficient (Wildman–Crippen LogP) is 4.60. The molecule has 146 valence electrons. The van der Waals surface area contributed by atoms with E-state index in [4.69, 9.17) is 4.74 Å². The highest BCUT2D eigenvalue weighted by molar-refractivity contribution is 6.03. The van der Waals surface area contributed by atoms with Crippen molar-refractivity contribution in [3.8, 4) is 5.75 Å². The monoisotopic (exact) mass is 378 g/mol. The van der Waals surface area contributed by atoms with Crippen molar-refractivity contribution in [1.82, 2.24) is 0 Å². The number of benzene rings is 2. The maximum Gasteiger partial charge on any atom is 0.267 e. The first-order valence-electron chi connectivity index (χ1n) is 9.60. The normalized spacial score (nSPS) is 16.2. The van der Waals surface area contributed by atoms with Crippen molar-refractivity contribution in [3.63, 3.8) is 0 Å². The van der Waals surface area contributed by atoms with E-state index in [1.807, 2.05) is 19.1 Å². The molecule has 0 aliphatic carbocycles. The third-order valence-corrected chi connectivity index (χ3v) is 4.78. The van der Waals surface area contributed by atoms with Crippen LogP contribution in [0.5, 0.6) is 5.75 Å². The fourth-order valence-corrected chi connectivity index (χ4v) is 3.16. The van der Waals surface area contributed by atoms with Gasteiger partial charge in [0.05, 0.1) is 5.69 Å². The van der Waals surface area contributed by atoms with Gasteiger partial charge in [-0.15, -0.1) is 0 Å². The van der Waals surface area contributed by atoms with Gasteiger partial charge in [-0.05, 0) is 49.1 Å². The number of carbonyl (C=O) groups is 2. The molecule has 0 aromatic heterocycles. The molecular formula is C23H26N2O3. The van der Waals surface area contributed by atoms with E-state index >= 15 is 0 Å². The molecule has 5 heteroatoms. The molecule has 1 aliphatic rings. The predicted molar refractivity (Wildman–Crippen MR) is 113 cm³/mol. The van der Waals surface area contributed by atoms with Crippen molar-refractivity contribution in [2.45, 2.75) is 39.7 Å². The standard InChI is InChI=1S/C23H26N2O3/c1-5-25-20-12-11-19(14-21(20)28-16(4)23(25)27)24-22(26)13-8-17-6-9-18(10-7-17)15(2)3/h6-16H,5H2,1-4H3,(H,24,26)/b13-8+. The Morgan fingerprint density at radius 1 is 1.21 bits per heavy atom. The second kappa shape index (κ2) is 8.30. The van der Waals surface area contributed by atoms with Crippen molar-refractivity contribution < 1.29 is 14.3 Å². The largest absolute Gasteiger partial charge is 0.479 e. The fraction of sp³-hybridized carbons (Fsp3) is 0.304. The van der Waals surface area contributed by atoms with Gasteiger partial charge < -0.3 is 15.0 Å². The molecule has 1 unspecified atom stereocenters. The molecule has 2 aromatic carbocycles. The minimum Gasteiger partial charge on any atom is -0.479 e. The number of nitrogens with one attached hydrogen (secondary N) is 1. The zero-order chi connectivity index (χ0) is 20.3. The Hall–Kier alpha value is -3.08. The second-order valence-electron chi connectivity index (χ2n) is 7.17. The Labute approximate surface area is 166 Å². The number of nitrogens with zero attached hydrogens (tertiary/aromatic N) is 1. The Kier molecular flexibility index (Phi) is 5.83. The van der Waals surface area contributed by atoms with E-state index in [9.17, 15) is 9.59 Å². The van der Waals surface area contributed by atoms with Crippen LogP contribution in [-0.4, -0.2) is 24.5 Å². The van der Waals surface area contributed by atoms with Gasteiger partial charge >= 0.3 is 0 Å². The SMILES string of the molecule is CCN1C(=O)C(C)Oc2cc(NC(=O)/C=C/c3ccc(C(C)C)cc3)ccc21. The Balaban J connectivity index is 1.69. The molecule has 1 aliphatic heterocycles. The lowest BCUT2D eigenvalue weighted by Gasteiger charge is -2.32. The number of hydrogen-bond acceptors (Lipinski definition) is 3. The molecule has 1 heterocycles. The average molecular weight is 378 g/mol. The number of likely N-dealkylation sites (N-methyl/N-ethyl adjacent to an activating group) is 1.